The summed E-state index contributed by atoms with van der Waals surface area (Å²) < 4.78 is 68.3. The second kappa shape index (κ2) is 64.4. The molecule has 0 fully saturated rings. The first-order valence-corrected chi connectivity index (χ1v) is 40.1. The smallest absolute Gasteiger partial charge is 0.462 e. The molecule has 0 aliphatic carbocycles. The van der Waals surface area contributed by atoms with Crippen LogP contribution in [0.25, 0.3) is 0 Å². The van der Waals surface area contributed by atoms with Gasteiger partial charge in [0.1, 0.15) is 19.3 Å². The molecule has 0 saturated heterocycles. The average molecular weight is 1330 g/mol. The average Bonchev–Trinajstić information content (AvgIpc) is 3.69. The van der Waals surface area contributed by atoms with Gasteiger partial charge in [0.15, 0.2) is 12.2 Å². The van der Waals surface area contributed by atoms with Gasteiger partial charge < -0.3 is 33.8 Å². The number of phosphoric ester groups is 2. The Morgan fingerprint density at radius 3 is 0.756 bits per heavy atom. The Hall–Kier alpha value is -1.94. The number of rotatable bonds is 71. The number of unbranched alkanes of at least 4 members (excludes halogenated alkanes) is 43. The number of aliphatic hydroxyl groups excluding tert-OH is 1. The van der Waals surface area contributed by atoms with Crippen molar-refractivity contribution in [1.29, 1.82) is 0 Å². The van der Waals surface area contributed by atoms with Crippen LogP contribution in [-0.4, -0.2) is 96.7 Å². The highest BCUT2D eigenvalue weighted by molar-refractivity contribution is 7.47. The Labute approximate surface area is 549 Å². The van der Waals surface area contributed by atoms with Gasteiger partial charge in [-0.3, -0.25) is 37.3 Å². The molecule has 0 aromatic heterocycles. The van der Waals surface area contributed by atoms with Crippen LogP contribution in [0, 0.1) is 5.92 Å². The zero-order valence-electron chi connectivity index (χ0n) is 58.3. The molecule has 0 saturated carbocycles. The minimum absolute atomic E-state index is 0.108. The lowest BCUT2D eigenvalue weighted by Crippen LogP contribution is -2.30. The summed E-state index contributed by atoms with van der Waals surface area (Å²) in [5.41, 5.74) is 0. The SMILES string of the molecule is CCCCCCCCCCCCCCCCC(=O)OC[C@H](COP(=O)(O)OC[C@@H](O)COP(=O)(O)OC[C@@H](COC(=O)CCCCCCCCC)OC(=O)CCCCCCCCCCCCCCCC)OC(=O)CCCCCCCCCCCCCCC(C)C. The van der Waals surface area contributed by atoms with Gasteiger partial charge in [-0.05, 0) is 31.6 Å². The van der Waals surface area contributed by atoms with E-state index < -0.39 is 97.5 Å². The summed E-state index contributed by atoms with van der Waals surface area (Å²) >= 11 is 0. The predicted octanol–water partition coefficient (Wildman–Crippen LogP) is 20.5. The van der Waals surface area contributed by atoms with Crippen LogP contribution >= 0.6 is 15.6 Å². The molecule has 0 rings (SSSR count). The molecule has 0 aliphatic heterocycles. The quantitative estimate of drug-likeness (QED) is 0.0222. The Bertz CT molecular complexity index is 1740. The lowest BCUT2D eigenvalue weighted by Gasteiger charge is -2.21. The lowest BCUT2D eigenvalue weighted by molar-refractivity contribution is -0.161. The molecule has 0 radical (unpaired) electrons. The highest BCUT2D eigenvalue weighted by Gasteiger charge is 2.30. The fourth-order valence-corrected chi connectivity index (χ4v) is 12.4. The maximum absolute atomic E-state index is 13.0. The van der Waals surface area contributed by atoms with Crippen molar-refractivity contribution in [3.05, 3.63) is 0 Å². The number of phosphoric acid groups is 2. The van der Waals surface area contributed by atoms with Crippen LogP contribution in [0.5, 0.6) is 0 Å². The number of carbonyl (C=O) groups is 4. The van der Waals surface area contributed by atoms with E-state index in [9.17, 15) is 43.2 Å². The highest BCUT2D eigenvalue weighted by Crippen LogP contribution is 2.45. The van der Waals surface area contributed by atoms with Gasteiger partial charge in [0, 0.05) is 25.7 Å². The summed E-state index contributed by atoms with van der Waals surface area (Å²) in [5, 5.41) is 10.6. The molecule has 534 valence electrons. The number of hydrogen-bond donors (Lipinski definition) is 3. The number of ether oxygens (including phenoxy) is 4. The van der Waals surface area contributed by atoms with Gasteiger partial charge in [0.05, 0.1) is 26.4 Å². The van der Waals surface area contributed by atoms with Crippen LogP contribution < -0.4 is 0 Å². The summed E-state index contributed by atoms with van der Waals surface area (Å²) in [4.78, 5) is 72.5. The highest BCUT2D eigenvalue weighted by atomic mass is 31.2. The minimum Gasteiger partial charge on any atom is -0.462 e. The van der Waals surface area contributed by atoms with Crippen LogP contribution in [0.15, 0.2) is 0 Å². The molecule has 5 atom stereocenters. The molecule has 0 bridgehead atoms. The summed E-state index contributed by atoms with van der Waals surface area (Å²) in [6.45, 7) is 7.23. The van der Waals surface area contributed by atoms with E-state index in [2.05, 4.69) is 34.6 Å². The molecule has 0 aromatic carbocycles. The number of esters is 4. The standard InChI is InChI=1S/C71H138O17P2/c1-6-9-12-15-18-20-22-24-26-31-35-40-45-50-55-69(74)82-61-67(88-71(76)57-52-47-42-37-33-29-28-30-34-39-43-48-53-64(4)5)63-86-90(79,80)84-59-65(72)58-83-89(77,78)85-62-66(60-81-68(73)54-49-44-38-17-14-11-8-3)87-70(75)56-51-46-41-36-32-27-25-23-21-19-16-13-10-7-2/h64-67,72H,6-63H2,1-5H3,(H,77,78)(H,79,80)/t65-,66+,67+/m0/s1. The van der Waals surface area contributed by atoms with E-state index in [0.717, 1.165) is 109 Å². The monoisotopic (exact) mass is 1320 g/mol. The second-order valence-corrected chi connectivity index (χ2v) is 29.0. The Kier molecular flexibility index (Phi) is 63.0. The zero-order valence-corrected chi connectivity index (χ0v) is 60.1. The normalized spacial score (nSPS) is 14.1. The van der Waals surface area contributed by atoms with Crippen molar-refractivity contribution in [2.75, 3.05) is 39.6 Å². The fourth-order valence-electron chi connectivity index (χ4n) is 10.8. The van der Waals surface area contributed by atoms with Crippen molar-refractivity contribution >= 4 is 39.5 Å². The first-order chi connectivity index (χ1) is 43.5. The van der Waals surface area contributed by atoms with E-state index in [0.29, 0.717) is 25.7 Å². The van der Waals surface area contributed by atoms with Crippen molar-refractivity contribution < 1.29 is 80.2 Å². The van der Waals surface area contributed by atoms with Gasteiger partial charge in [-0.2, -0.15) is 0 Å². The van der Waals surface area contributed by atoms with Crippen molar-refractivity contribution in [1.82, 2.24) is 0 Å². The Morgan fingerprint density at radius 2 is 0.511 bits per heavy atom. The van der Waals surface area contributed by atoms with Crippen molar-refractivity contribution in [3.8, 4) is 0 Å². The van der Waals surface area contributed by atoms with Crippen molar-refractivity contribution in [2.24, 2.45) is 5.92 Å². The van der Waals surface area contributed by atoms with Gasteiger partial charge in [-0.25, -0.2) is 9.13 Å². The molecule has 0 aromatic rings. The third kappa shape index (κ3) is 64.8. The number of hydrogen-bond acceptors (Lipinski definition) is 15. The summed E-state index contributed by atoms with van der Waals surface area (Å²) in [6, 6.07) is 0. The van der Waals surface area contributed by atoms with E-state index in [-0.39, 0.29) is 25.7 Å². The van der Waals surface area contributed by atoms with Gasteiger partial charge >= 0.3 is 39.5 Å². The van der Waals surface area contributed by atoms with Crippen LogP contribution in [0.4, 0.5) is 0 Å². The number of aliphatic hydroxyl groups is 1. The van der Waals surface area contributed by atoms with Gasteiger partial charge in [-0.1, -0.05) is 317 Å². The van der Waals surface area contributed by atoms with Crippen molar-refractivity contribution in [3.63, 3.8) is 0 Å². The van der Waals surface area contributed by atoms with E-state index >= 15 is 0 Å². The Balaban J connectivity index is 5.20. The first kappa shape index (κ1) is 88.1. The molecule has 3 N–H and O–H groups in total. The molecule has 17 nitrogen and oxygen atoms in total. The third-order valence-electron chi connectivity index (χ3n) is 16.5. The van der Waals surface area contributed by atoms with Gasteiger partial charge in [0.2, 0.25) is 0 Å². The second-order valence-electron chi connectivity index (χ2n) is 26.1. The Morgan fingerprint density at radius 1 is 0.300 bits per heavy atom. The van der Waals surface area contributed by atoms with Crippen LogP contribution in [0.2, 0.25) is 0 Å². The van der Waals surface area contributed by atoms with Crippen LogP contribution in [0.1, 0.15) is 369 Å². The molecule has 0 aliphatic rings. The first-order valence-electron chi connectivity index (χ1n) is 37.1. The molecule has 90 heavy (non-hydrogen) atoms. The third-order valence-corrected chi connectivity index (χ3v) is 18.4. The molecule has 0 heterocycles. The molecule has 2 unspecified atom stereocenters. The van der Waals surface area contributed by atoms with E-state index in [1.165, 1.54) is 180 Å². The maximum atomic E-state index is 13.0. The summed E-state index contributed by atoms with van der Waals surface area (Å²) in [7, 11) is -9.90. The summed E-state index contributed by atoms with van der Waals surface area (Å²) in [5.74, 6) is -1.35. The van der Waals surface area contributed by atoms with Crippen LogP contribution in [-0.2, 0) is 65.4 Å². The minimum atomic E-state index is -4.95. The lowest BCUT2D eigenvalue weighted by atomic mass is 10.0. The van der Waals surface area contributed by atoms with Crippen molar-refractivity contribution in [2.45, 2.75) is 387 Å². The predicted molar refractivity (Wildman–Crippen MR) is 363 cm³/mol. The van der Waals surface area contributed by atoms with Gasteiger partial charge in [-0.15, -0.1) is 0 Å². The topological polar surface area (TPSA) is 237 Å². The number of carbonyl (C=O) groups excluding carboxylic acids is 4. The van der Waals surface area contributed by atoms with Crippen LogP contribution in [0.3, 0.4) is 0 Å². The van der Waals surface area contributed by atoms with E-state index in [1.54, 1.807) is 0 Å². The zero-order chi connectivity index (χ0) is 66.3. The maximum Gasteiger partial charge on any atom is 0.472 e. The molecule has 0 spiro atoms. The summed E-state index contributed by atoms with van der Waals surface area (Å²) in [6.07, 6.45) is 51.3. The van der Waals surface area contributed by atoms with E-state index in [4.69, 9.17) is 37.0 Å². The van der Waals surface area contributed by atoms with Gasteiger partial charge in [0.25, 0.3) is 0 Å². The molecular formula is C71H138O17P2. The molecular weight excluding hydrogens is 1190 g/mol. The molecule has 0 amide bonds. The van der Waals surface area contributed by atoms with E-state index in [1.807, 2.05) is 0 Å². The molecule has 19 heteroatoms. The largest absolute Gasteiger partial charge is 0.472 e. The fraction of sp³-hybridized carbons (Fsp3) is 0.944.